The van der Waals surface area contributed by atoms with Gasteiger partial charge in [0.1, 0.15) is 0 Å². The normalized spacial score (nSPS) is 13.4. The molecule has 1 unspecified atom stereocenters. The fraction of sp³-hybridized carbons (Fsp3) is 0.625. The lowest BCUT2D eigenvalue weighted by atomic mass is 9.95. The minimum absolute atomic E-state index is 0.124. The van der Waals surface area contributed by atoms with E-state index >= 15 is 0 Å². The van der Waals surface area contributed by atoms with Crippen molar-refractivity contribution in [3.63, 3.8) is 0 Å². The molecule has 0 saturated heterocycles. The molecule has 0 amide bonds. The molecule has 3 heteroatoms. The third-order valence-corrected chi connectivity index (χ3v) is 3.24. The number of methoxy groups -OCH3 is 1. The van der Waals surface area contributed by atoms with Crippen LogP contribution in [0.1, 0.15) is 39.7 Å². The predicted octanol–water partition coefficient (Wildman–Crippen LogP) is 3.79. The third kappa shape index (κ3) is 5.60. The molecule has 19 heavy (non-hydrogen) atoms. The summed E-state index contributed by atoms with van der Waals surface area (Å²) in [5, 5.41) is 3.51. The molecule has 1 aromatic carbocycles. The average molecular weight is 267 g/mol. The van der Waals surface area contributed by atoms with E-state index in [1.165, 1.54) is 7.11 Å². The van der Waals surface area contributed by atoms with Crippen LogP contribution in [0.5, 0.6) is 5.75 Å². The largest absolute Gasteiger partial charge is 0.494 e. The topological polar surface area (TPSA) is 21.3 Å². The summed E-state index contributed by atoms with van der Waals surface area (Å²) in [4.78, 5) is 0. The van der Waals surface area contributed by atoms with E-state index in [1.54, 1.807) is 12.1 Å². The van der Waals surface area contributed by atoms with Gasteiger partial charge in [-0.05, 0) is 57.4 Å². The Kier molecular flexibility index (Phi) is 5.80. The molecule has 1 atom stereocenters. The van der Waals surface area contributed by atoms with Gasteiger partial charge in [-0.25, -0.2) is 4.39 Å². The summed E-state index contributed by atoms with van der Waals surface area (Å²) in [5.74, 6) is 0.551. The lowest BCUT2D eigenvalue weighted by Crippen LogP contribution is -2.39. The number of benzene rings is 1. The van der Waals surface area contributed by atoms with Crippen LogP contribution < -0.4 is 10.1 Å². The Morgan fingerprint density at radius 1 is 1.32 bits per heavy atom. The van der Waals surface area contributed by atoms with Gasteiger partial charge in [0.25, 0.3) is 0 Å². The number of ether oxygens (including phenoxy) is 1. The van der Waals surface area contributed by atoms with Crippen LogP contribution in [-0.2, 0) is 6.42 Å². The Morgan fingerprint density at radius 2 is 2.00 bits per heavy atom. The quantitative estimate of drug-likeness (QED) is 0.846. The van der Waals surface area contributed by atoms with Crippen LogP contribution in [0.15, 0.2) is 18.2 Å². The van der Waals surface area contributed by atoms with Gasteiger partial charge in [-0.3, -0.25) is 0 Å². The minimum Gasteiger partial charge on any atom is -0.494 e. The first kappa shape index (κ1) is 16.0. The van der Waals surface area contributed by atoms with Crippen molar-refractivity contribution in [3.05, 3.63) is 29.6 Å². The van der Waals surface area contributed by atoms with E-state index in [9.17, 15) is 4.39 Å². The van der Waals surface area contributed by atoms with Crippen molar-refractivity contribution in [3.8, 4) is 5.75 Å². The van der Waals surface area contributed by atoms with Crippen LogP contribution in [0, 0.1) is 11.7 Å². The molecular formula is C16H26FNO. The SMILES string of the molecule is CCC(CNC(C)(C)C)Cc1ccc(OC)c(F)c1. The monoisotopic (exact) mass is 267 g/mol. The number of nitrogens with one attached hydrogen (secondary N) is 1. The standard InChI is InChI=1S/C16H26FNO/c1-6-12(11-18-16(2,3)4)9-13-7-8-15(19-5)14(17)10-13/h7-8,10,12,18H,6,9,11H2,1-5H3. The van der Waals surface area contributed by atoms with E-state index in [1.807, 2.05) is 6.07 Å². The predicted molar refractivity (Wildman–Crippen MR) is 78.2 cm³/mol. The van der Waals surface area contributed by atoms with Crippen molar-refractivity contribution in [1.29, 1.82) is 0 Å². The molecule has 0 bridgehead atoms. The third-order valence-electron chi connectivity index (χ3n) is 3.24. The summed E-state index contributed by atoms with van der Waals surface area (Å²) in [6.45, 7) is 9.61. The Bertz CT molecular complexity index is 398. The molecule has 0 aliphatic rings. The summed E-state index contributed by atoms with van der Waals surface area (Å²) in [6.07, 6.45) is 1.97. The Morgan fingerprint density at radius 3 is 2.47 bits per heavy atom. The maximum atomic E-state index is 13.6. The summed E-state index contributed by atoms with van der Waals surface area (Å²) in [6, 6.07) is 5.23. The van der Waals surface area contributed by atoms with Gasteiger partial charge in [-0.2, -0.15) is 0 Å². The van der Waals surface area contributed by atoms with Crippen molar-refractivity contribution in [2.24, 2.45) is 5.92 Å². The van der Waals surface area contributed by atoms with Crippen LogP contribution in [0.3, 0.4) is 0 Å². The lowest BCUT2D eigenvalue weighted by Gasteiger charge is -2.25. The lowest BCUT2D eigenvalue weighted by molar-refractivity contribution is 0.362. The molecule has 0 fully saturated rings. The van der Waals surface area contributed by atoms with Crippen molar-refractivity contribution < 1.29 is 9.13 Å². The molecule has 1 N–H and O–H groups in total. The van der Waals surface area contributed by atoms with E-state index in [0.29, 0.717) is 11.7 Å². The summed E-state index contributed by atoms with van der Waals surface area (Å²) in [7, 11) is 1.49. The van der Waals surface area contributed by atoms with Crippen LogP contribution in [0.4, 0.5) is 4.39 Å². The molecule has 2 nitrogen and oxygen atoms in total. The molecule has 0 radical (unpaired) electrons. The molecule has 108 valence electrons. The number of hydrogen-bond acceptors (Lipinski definition) is 2. The van der Waals surface area contributed by atoms with E-state index < -0.39 is 0 Å². The van der Waals surface area contributed by atoms with Crippen molar-refractivity contribution in [2.45, 2.75) is 46.1 Å². The molecule has 0 aliphatic heterocycles. The summed E-state index contributed by atoms with van der Waals surface area (Å²) >= 11 is 0. The fourth-order valence-corrected chi connectivity index (χ4v) is 1.98. The minimum atomic E-state index is -0.279. The van der Waals surface area contributed by atoms with Crippen molar-refractivity contribution in [2.75, 3.05) is 13.7 Å². The van der Waals surface area contributed by atoms with E-state index in [4.69, 9.17) is 4.74 Å². The van der Waals surface area contributed by atoms with Crippen LogP contribution in [0.2, 0.25) is 0 Å². The zero-order valence-corrected chi connectivity index (χ0v) is 12.7. The van der Waals surface area contributed by atoms with E-state index in [2.05, 4.69) is 33.0 Å². The van der Waals surface area contributed by atoms with Gasteiger partial charge >= 0.3 is 0 Å². The van der Waals surface area contributed by atoms with Gasteiger partial charge in [-0.15, -0.1) is 0 Å². The molecule has 1 rings (SSSR count). The van der Waals surface area contributed by atoms with Crippen LogP contribution in [-0.4, -0.2) is 19.2 Å². The molecule has 0 aromatic heterocycles. The average Bonchev–Trinajstić information content (AvgIpc) is 2.33. The van der Waals surface area contributed by atoms with Gasteiger partial charge < -0.3 is 10.1 Å². The van der Waals surface area contributed by atoms with Crippen molar-refractivity contribution in [1.82, 2.24) is 5.32 Å². The first-order chi connectivity index (χ1) is 8.85. The maximum Gasteiger partial charge on any atom is 0.165 e. The highest BCUT2D eigenvalue weighted by atomic mass is 19.1. The van der Waals surface area contributed by atoms with Gasteiger partial charge in [-0.1, -0.05) is 19.4 Å². The van der Waals surface area contributed by atoms with Gasteiger partial charge in [0, 0.05) is 5.54 Å². The van der Waals surface area contributed by atoms with Crippen LogP contribution >= 0.6 is 0 Å². The maximum absolute atomic E-state index is 13.6. The molecule has 0 aliphatic carbocycles. The Balaban J connectivity index is 2.63. The number of rotatable bonds is 6. The molecule has 0 heterocycles. The molecule has 1 aromatic rings. The first-order valence-electron chi connectivity index (χ1n) is 6.93. The zero-order chi connectivity index (χ0) is 14.5. The smallest absolute Gasteiger partial charge is 0.165 e. The van der Waals surface area contributed by atoms with Crippen molar-refractivity contribution >= 4 is 0 Å². The second-order valence-electron chi connectivity index (χ2n) is 6.08. The Labute approximate surface area is 116 Å². The summed E-state index contributed by atoms with van der Waals surface area (Å²) < 4.78 is 18.6. The molecular weight excluding hydrogens is 241 g/mol. The highest BCUT2D eigenvalue weighted by molar-refractivity contribution is 5.29. The number of halogens is 1. The van der Waals surface area contributed by atoms with E-state index in [0.717, 1.165) is 24.9 Å². The fourth-order valence-electron chi connectivity index (χ4n) is 1.98. The van der Waals surface area contributed by atoms with Gasteiger partial charge in [0.05, 0.1) is 7.11 Å². The van der Waals surface area contributed by atoms with E-state index in [-0.39, 0.29) is 11.4 Å². The van der Waals surface area contributed by atoms with Gasteiger partial charge in [0.15, 0.2) is 11.6 Å². The second-order valence-corrected chi connectivity index (χ2v) is 6.08. The highest BCUT2D eigenvalue weighted by Crippen LogP contribution is 2.20. The highest BCUT2D eigenvalue weighted by Gasteiger charge is 2.14. The second kappa shape index (κ2) is 6.90. The van der Waals surface area contributed by atoms with Crippen LogP contribution in [0.25, 0.3) is 0 Å². The molecule has 0 saturated carbocycles. The number of hydrogen-bond donors (Lipinski definition) is 1. The molecule has 0 spiro atoms. The zero-order valence-electron chi connectivity index (χ0n) is 12.7. The van der Waals surface area contributed by atoms with Gasteiger partial charge in [0.2, 0.25) is 0 Å². The Hall–Kier alpha value is -1.09. The first-order valence-corrected chi connectivity index (χ1v) is 6.93. The summed E-state index contributed by atoms with van der Waals surface area (Å²) in [5.41, 5.74) is 1.15.